The van der Waals surface area contributed by atoms with Crippen LogP contribution in [0.4, 0.5) is 0 Å². The van der Waals surface area contributed by atoms with Crippen molar-refractivity contribution in [3.8, 4) is 0 Å². The van der Waals surface area contributed by atoms with Crippen LogP contribution in [0.5, 0.6) is 0 Å². The first kappa shape index (κ1) is 12.7. The molecule has 1 unspecified atom stereocenters. The van der Waals surface area contributed by atoms with Gasteiger partial charge in [-0.25, -0.2) is 0 Å². The third-order valence-electron chi connectivity index (χ3n) is 3.13. The van der Waals surface area contributed by atoms with Gasteiger partial charge < -0.3 is 5.32 Å². The minimum Gasteiger partial charge on any atom is -0.312 e. The van der Waals surface area contributed by atoms with Crippen LogP contribution in [-0.4, -0.2) is 18.3 Å². The van der Waals surface area contributed by atoms with Gasteiger partial charge in [-0.3, -0.25) is 0 Å². The molecule has 0 bridgehead atoms. The number of benzene rings is 1. The largest absolute Gasteiger partial charge is 0.312 e. The topological polar surface area (TPSA) is 12.0 Å². The molecule has 0 heterocycles. The fourth-order valence-electron chi connectivity index (χ4n) is 2.28. The van der Waals surface area contributed by atoms with Gasteiger partial charge in [-0.05, 0) is 42.5 Å². The third kappa shape index (κ3) is 3.62. The highest BCUT2D eigenvalue weighted by Crippen LogP contribution is 2.29. The molecule has 1 aliphatic carbocycles. The molecule has 0 amide bonds. The van der Waals surface area contributed by atoms with Crippen LogP contribution in [0.15, 0.2) is 35.7 Å². The van der Waals surface area contributed by atoms with Crippen molar-refractivity contribution in [3.63, 3.8) is 0 Å². The highest BCUT2D eigenvalue weighted by molar-refractivity contribution is 8.00. The van der Waals surface area contributed by atoms with Gasteiger partial charge in [-0.1, -0.05) is 19.1 Å². The van der Waals surface area contributed by atoms with E-state index in [9.17, 15) is 0 Å². The van der Waals surface area contributed by atoms with Crippen molar-refractivity contribution in [1.29, 1.82) is 0 Å². The summed E-state index contributed by atoms with van der Waals surface area (Å²) in [4.78, 5) is 1.42. The molecule has 92 valence electrons. The van der Waals surface area contributed by atoms with Crippen molar-refractivity contribution in [3.05, 3.63) is 42.0 Å². The second-order valence-electron chi connectivity index (χ2n) is 4.66. The van der Waals surface area contributed by atoms with Gasteiger partial charge in [0.05, 0.1) is 0 Å². The van der Waals surface area contributed by atoms with Crippen LogP contribution in [-0.2, 0) is 12.8 Å². The quantitative estimate of drug-likeness (QED) is 0.469. The van der Waals surface area contributed by atoms with E-state index in [-0.39, 0.29) is 0 Å². The van der Waals surface area contributed by atoms with Crippen LogP contribution < -0.4 is 5.32 Å². The maximum absolute atomic E-state index is 3.71. The van der Waals surface area contributed by atoms with Crippen LogP contribution in [0.25, 0.3) is 0 Å². The normalized spacial score (nSPS) is 15.6. The summed E-state index contributed by atoms with van der Waals surface area (Å²) < 4.78 is 0. The number of fused-ring (bicyclic) bond motifs is 1. The molecule has 1 N–H and O–H groups in total. The summed E-state index contributed by atoms with van der Waals surface area (Å²) in [5, 5.41) is 3.97. The van der Waals surface area contributed by atoms with Gasteiger partial charge in [0.25, 0.3) is 0 Å². The van der Waals surface area contributed by atoms with Crippen molar-refractivity contribution in [2.45, 2.75) is 36.3 Å². The first-order valence-electron chi connectivity index (χ1n) is 6.39. The summed E-state index contributed by atoms with van der Waals surface area (Å²) in [5.41, 5.74) is 3.13. The van der Waals surface area contributed by atoms with Crippen molar-refractivity contribution in [2.75, 3.05) is 13.1 Å². The lowest BCUT2D eigenvalue weighted by Gasteiger charge is -2.12. The van der Waals surface area contributed by atoms with Crippen molar-refractivity contribution >= 4 is 11.8 Å². The van der Waals surface area contributed by atoms with Crippen LogP contribution in [0.3, 0.4) is 0 Å². The zero-order valence-corrected chi connectivity index (χ0v) is 11.4. The van der Waals surface area contributed by atoms with Crippen molar-refractivity contribution in [2.24, 2.45) is 0 Å². The van der Waals surface area contributed by atoms with Gasteiger partial charge >= 0.3 is 0 Å². The van der Waals surface area contributed by atoms with Gasteiger partial charge in [-0.15, -0.1) is 18.3 Å². The van der Waals surface area contributed by atoms with Gasteiger partial charge in [0.1, 0.15) is 0 Å². The zero-order chi connectivity index (χ0) is 12.1. The minimum atomic E-state index is 0.606. The Kier molecular flexibility index (Phi) is 4.69. The maximum atomic E-state index is 3.71. The molecule has 2 rings (SSSR count). The number of hydrogen-bond donors (Lipinski definition) is 1. The Morgan fingerprint density at radius 3 is 3.06 bits per heavy atom. The Morgan fingerprint density at radius 2 is 2.24 bits per heavy atom. The lowest BCUT2D eigenvalue weighted by molar-refractivity contribution is 0.740. The van der Waals surface area contributed by atoms with E-state index in [2.05, 4.69) is 37.0 Å². The molecule has 2 heteroatoms. The van der Waals surface area contributed by atoms with E-state index in [1.54, 1.807) is 11.1 Å². The Labute approximate surface area is 109 Å². The highest BCUT2D eigenvalue weighted by atomic mass is 32.2. The Morgan fingerprint density at radius 1 is 1.41 bits per heavy atom. The number of aryl methyl sites for hydroxylation is 2. The average molecular weight is 247 g/mol. The predicted molar refractivity (Wildman–Crippen MR) is 76.9 cm³/mol. The van der Waals surface area contributed by atoms with Crippen LogP contribution in [0, 0.1) is 0 Å². The number of hydrogen-bond acceptors (Lipinski definition) is 2. The lowest BCUT2D eigenvalue weighted by atomic mass is 10.1. The average Bonchev–Trinajstić information content (AvgIpc) is 2.76. The summed E-state index contributed by atoms with van der Waals surface area (Å²) >= 11 is 1.96. The summed E-state index contributed by atoms with van der Waals surface area (Å²) in [6.45, 7) is 7.92. The second kappa shape index (κ2) is 6.27. The fourth-order valence-corrected chi connectivity index (χ4v) is 3.31. The molecule has 0 saturated heterocycles. The summed E-state index contributed by atoms with van der Waals surface area (Å²) in [6.07, 6.45) is 5.79. The predicted octanol–water partition coefficient (Wildman–Crippen LogP) is 3.43. The summed E-state index contributed by atoms with van der Waals surface area (Å²) in [7, 11) is 0. The molecule has 17 heavy (non-hydrogen) atoms. The molecule has 0 fully saturated rings. The van der Waals surface area contributed by atoms with E-state index in [0.29, 0.717) is 5.25 Å². The molecule has 1 aliphatic rings. The van der Waals surface area contributed by atoms with Crippen molar-refractivity contribution in [1.82, 2.24) is 5.32 Å². The third-order valence-corrected chi connectivity index (χ3v) is 4.22. The van der Waals surface area contributed by atoms with Gasteiger partial charge in [-0.2, -0.15) is 0 Å². The second-order valence-corrected chi connectivity index (χ2v) is 6.17. The molecule has 1 aromatic rings. The maximum Gasteiger partial charge on any atom is 0.0191 e. The standard InChI is InChI=1S/C15H21NS/c1-3-9-16-11-12(2)17-15-8-7-13-5-4-6-14(13)10-15/h3,7-8,10,12,16H,1,4-6,9,11H2,2H3. The van der Waals surface area contributed by atoms with E-state index >= 15 is 0 Å². The smallest absolute Gasteiger partial charge is 0.0191 e. The van der Waals surface area contributed by atoms with Crippen LogP contribution in [0.1, 0.15) is 24.5 Å². The van der Waals surface area contributed by atoms with Crippen molar-refractivity contribution < 1.29 is 0 Å². The molecule has 1 atom stereocenters. The molecule has 0 spiro atoms. The first-order valence-corrected chi connectivity index (χ1v) is 7.27. The fraction of sp³-hybridized carbons (Fsp3) is 0.467. The van der Waals surface area contributed by atoms with E-state index < -0.39 is 0 Å². The van der Waals surface area contributed by atoms with E-state index in [0.717, 1.165) is 13.1 Å². The Hall–Kier alpha value is -0.730. The van der Waals surface area contributed by atoms with Gasteiger partial charge in [0.2, 0.25) is 0 Å². The first-order chi connectivity index (χ1) is 8.29. The number of thioether (sulfide) groups is 1. The monoisotopic (exact) mass is 247 g/mol. The molecular weight excluding hydrogens is 226 g/mol. The van der Waals surface area contributed by atoms with E-state index in [1.165, 1.54) is 24.2 Å². The molecule has 0 saturated carbocycles. The van der Waals surface area contributed by atoms with E-state index in [4.69, 9.17) is 0 Å². The summed E-state index contributed by atoms with van der Waals surface area (Å²) in [6, 6.07) is 6.98. The van der Waals surface area contributed by atoms with E-state index in [1.807, 2.05) is 17.8 Å². The van der Waals surface area contributed by atoms with Gasteiger partial charge in [0.15, 0.2) is 0 Å². The molecular formula is C15H21NS. The number of nitrogens with one attached hydrogen (secondary N) is 1. The molecule has 0 aromatic heterocycles. The number of rotatable bonds is 6. The molecule has 0 aliphatic heterocycles. The highest BCUT2D eigenvalue weighted by Gasteiger charge is 2.12. The minimum absolute atomic E-state index is 0.606. The van der Waals surface area contributed by atoms with Gasteiger partial charge in [0, 0.05) is 23.2 Å². The molecule has 1 aromatic carbocycles. The lowest BCUT2D eigenvalue weighted by Crippen LogP contribution is -2.22. The Balaban J connectivity index is 1.88. The Bertz CT molecular complexity index is 387. The summed E-state index contributed by atoms with van der Waals surface area (Å²) in [5.74, 6) is 0. The molecule has 1 nitrogen and oxygen atoms in total. The van der Waals surface area contributed by atoms with Crippen LogP contribution in [0.2, 0.25) is 0 Å². The SMILES string of the molecule is C=CCNCC(C)Sc1ccc2c(c1)CCC2. The van der Waals surface area contributed by atoms with Crippen LogP contribution >= 0.6 is 11.8 Å². The molecule has 0 radical (unpaired) electrons. The zero-order valence-electron chi connectivity index (χ0n) is 10.5.